The van der Waals surface area contributed by atoms with E-state index < -0.39 is 18.5 Å². The van der Waals surface area contributed by atoms with Crippen molar-refractivity contribution in [3.63, 3.8) is 0 Å². The zero-order chi connectivity index (χ0) is 15.1. The van der Waals surface area contributed by atoms with Crippen LogP contribution in [0, 0.1) is 0 Å². The maximum absolute atomic E-state index is 11.6. The molecule has 21 heavy (non-hydrogen) atoms. The Morgan fingerprint density at radius 1 is 1.33 bits per heavy atom. The van der Waals surface area contributed by atoms with E-state index in [0.29, 0.717) is 12.2 Å². The van der Waals surface area contributed by atoms with Crippen molar-refractivity contribution in [2.45, 2.75) is 6.54 Å². The number of ether oxygens (including phenoxy) is 1. The quantitative estimate of drug-likeness (QED) is 0.792. The summed E-state index contributed by atoms with van der Waals surface area (Å²) in [4.78, 5) is 25.8. The molecular weight excluding hydrogens is 274 g/mol. The number of carbonyl (C=O) groups is 2. The Labute approximate surface area is 121 Å². The van der Waals surface area contributed by atoms with Crippen LogP contribution in [0.3, 0.4) is 0 Å². The maximum Gasteiger partial charge on any atom is 0.329 e. The van der Waals surface area contributed by atoms with Crippen molar-refractivity contribution in [2.24, 2.45) is 0 Å². The first-order valence-corrected chi connectivity index (χ1v) is 6.27. The van der Waals surface area contributed by atoms with Gasteiger partial charge in [0, 0.05) is 24.6 Å². The van der Waals surface area contributed by atoms with Crippen LogP contribution in [0.2, 0.25) is 0 Å². The van der Waals surface area contributed by atoms with E-state index in [2.05, 4.69) is 10.3 Å². The number of aromatic nitrogens is 2. The molecule has 0 bridgehead atoms. The van der Waals surface area contributed by atoms with Gasteiger partial charge >= 0.3 is 5.97 Å². The minimum atomic E-state index is -1.11. The van der Waals surface area contributed by atoms with E-state index in [1.807, 2.05) is 29.0 Å². The monoisotopic (exact) mass is 289 g/mol. The molecule has 0 radical (unpaired) electrons. The normalized spacial score (nSPS) is 10.3. The Morgan fingerprint density at radius 3 is 2.90 bits per heavy atom. The Kier molecular flexibility index (Phi) is 5.05. The van der Waals surface area contributed by atoms with Crippen LogP contribution in [0.4, 0.5) is 5.69 Å². The molecule has 1 aromatic carbocycles. The molecule has 0 aliphatic heterocycles. The number of hydrogen-bond donors (Lipinski definition) is 2. The summed E-state index contributed by atoms with van der Waals surface area (Å²) in [5.74, 6) is -1.50. The van der Waals surface area contributed by atoms with E-state index in [-0.39, 0.29) is 6.61 Å². The summed E-state index contributed by atoms with van der Waals surface area (Å²) in [6, 6.07) is 7.37. The van der Waals surface area contributed by atoms with Gasteiger partial charge in [-0.3, -0.25) is 4.79 Å². The zero-order valence-corrected chi connectivity index (χ0v) is 11.2. The van der Waals surface area contributed by atoms with Crippen LogP contribution < -0.4 is 5.32 Å². The lowest BCUT2D eigenvalue weighted by Crippen LogP contribution is -2.20. The summed E-state index contributed by atoms with van der Waals surface area (Å²) >= 11 is 0. The average Bonchev–Trinajstić information content (AvgIpc) is 2.91. The van der Waals surface area contributed by atoms with Crippen LogP contribution >= 0.6 is 0 Å². The molecule has 1 heterocycles. The van der Waals surface area contributed by atoms with Gasteiger partial charge in [0.05, 0.1) is 6.33 Å². The summed E-state index contributed by atoms with van der Waals surface area (Å²) in [5.41, 5.74) is 1.65. The third-order valence-corrected chi connectivity index (χ3v) is 2.59. The number of anilines is 1. The first-order chi connectivity index (χ1) is 10.1. The fourth-order valence-corrected chi connectivity index (χ4v) is 1.77. The fourth-order valence-electron chi connectivity index (χ4n) is 1.77. The smallest absolute Gasteiger partial charge is 0.329 e. The predicted molar refractivity (Wildman–Crippen MR) is 74.9 cm³/mol. The number of carboxylic acid groups (broad SMARTS) is 1. The lowest BCUT2D eigenvalue weighted by molar-refractivity contribution is -0.143. The Hall–Kier alpha value is -2.67. The first-order valence-electron chi connectivity index (χ1n) is 6.27. The van der Waals surface area contributed by atoms with Crippen LogP contribution in [-0.2, 0) is 20.9 Å². The Morgan fingerprint density at radius 2 is 2.19 bits per heavy atom. The third-order valence-electron chi connectivity index (χ3n) is 2.59. The fraction of sp³-hybridized carbons (Fsp3) is 0.214. The minimum absolute atomic E-state index is 0.294. The van der Waals surface area contributed by atoms with E-state index in [4.69, 9.17) is 9.84 Å². The second-order valence-corrected chi connectivity index (χ2v) is 4.37. The SMILES string of the molecule is O=C(O)COCC(=O)Nc1cccc(Cn2ccnc2)c1. The van der Waals surface area contributed by atoms with Crippen molar-refractivity contribution in [3.8, 4) is 0 Å². The minimum Gasteiger partial charge on any atom is -0.480 e. The third kappa shape index (κ3) is 5.07. The van der Waals surface area contributed by atoms with Gasteiger partial charge in [-0.2, -0.15) is 0 Å². The molecule has 110 valence electrons. The molecule has 1 amide bonds. The highest BCUT2D eigenvalue weighted by Gasteiger charge is 2.05. The van der Waals surface area contributed by atoms with E-state index >= 15 is 0 Å². The Bertz CT molecular complexity index is 610. The molecule has 1 aromatic heterocycles. The molecule has 2 aromatic rings. The van der Waals surface area contributed by atoms with Crippen molar-refractivity contribution in [1.82, 2.24) is 9.55 Å². The maximum atomic E-state index is 11.6. The summed E-state index contributed by atoms with van der Waals surface area (Å²) in [5, 5.41) is 11.1. The van der Waals surface area contributed by atoms with Gasteiger partial charge in [-0.1, -0.05) is 12.1 Å². The summed E-state index contributed by atoms with van der Waals surface area (Å²) < 4.78 is 6.63. The molecule has 2 rings (SSSR count). The standard InChI is InChI=1S/C14H15N3O4/c18-13(8-21-9-14(19)20)16-12-3-1-2-11(6-12)7-17-5-4-15-10-17/h1-6,10H,7-9H2,(H,16,18)(H,19,20). The number of carbonyl (C=O) groups excluding carboxylic acids is 1. The molecule has 0 aliphatic rings. The van der Waals surface area contributed by atoms with Gasteiger partial charge in [0.1, 0.15) is 13.2 Å². The largest absolute Gasteiger partial charge is 0.480 e. The van der Waals surface area contributed by atoms with Crippen LogP contribution in [0.5, 0.6) is 0 Å². The molecule has 0 aliphatic carbocycles. The number of nitrogens with zero attached hydrogens (tertiary/aromatic N) is 2. The number of nitrogens with one attached hydrogen (secondary N) is 1. The second kappa shape index (κ2) is 7.20. The zero-order valence-electron chi connectivity index (χ0n) is 11.2. The van der Waals surface area contributed by atoms with Crippen LogP contribution in [-0.4, -0.2) is 39.7 Å². The second-order valence-electron chi connectivity index (χ2n) is 4.37. The molecule has 7 heteroatoms. The van der Waals surface area contributed by atoms with Crippen molar-refractivity contribution >= 4 is 17.6 Å². The van der Waals surface area contributed by atoms with Crippen molar-refractivity contribution in [1.29, 1.82) is 0 Å². The summed E-state index contributed by atoms with van der Waals surface area (Å²) in [7, 11) is 0. The molecule has 0 fully saturated rings. The van der Waals surface area contributed by atoms with Crippen molar-refractivity contribution < 1.29 is 19.4 Å². The average molecular weight is 289 g/mol. The van der Waals surface area contributed by atoms with Crippen LogP contribution in [0.1, 0.15) is 5.56 Å². The molecule has 2 N–H and O–H groups in total. The van der Waals surface area contributed by atoms with E-state index in [1.54, 1.807) is 18.6 Å². The van der Waals surface area contributed by atoms with E-state index in [0.717, 1.165) is 5.56 Å². The van der Waals surface area contributed by atoms with Gasteiger partial charge < -0.3 is 19.7 Å². The Balaban J connectivity index is 1.88. The number of benzene rings is 1. The highest BCUT2D eigenvalue weighted by atomic mass is 16.5. The number of aliphatic carboxylic acids is 1. The van der Waals surface area contributed by atoms with Gasteiger partial charge in [-0.05, 0) is 17.7 Å². The highest BCUT2D eigenvalue weighted by Crippen LogP contribution is 2.11. The number of rotatable bonds is 7. The van der Waals surface area contributed by atoms with Gasteiger partial charge in [0.2, 0.25) is 5.91 Å². The summed E-state index contributed by atoms with van der Waals surface area (Å²) in [6.45, 7) is -0.134. The van der Waals surface area contributed by atoms with E-state index in [9.17, 15) is 9.59 Å². The molecular formula is C14H15N3O4. The molecule has 0 spiro atoms. The predicted octanol–water partition coefficient (Wildman–Crippen LogP) is 0.971. The molecule has 7 nitrogen and oxygen atoms in total. The van der Waals surface area contributed by atoms with Gasteiger partial charge in [-0.25, -0.2) is 9.78 Å². The van der Waals surface area contributed by atoms with Gasteiger partial charge in [0.25, 0.3) is 0 Å². The van der Waals surface area contributed by atoms with Crippen molar-refractivity contribution in [3.05, 3.63) is 48.5 Å². The number of hydrogen-bond acceptors (Lipinski definition) is 4. The van der Waals surface area contributed by atoms with E-state index in [1.165, 1.54) is 0 Å². The van der Waals surface area contributed by atoms with Crippen LogP contribution in [0.15, 0.2) is 43.0 Å². The molecule has 0 atom stereocenters. The summed E-state index contributed by atoms with van der Waals surface area (Å²) in [6.07, 6.45) is 5.27. The number of carboxylic acids is 1. The molecule has 0 saturated heterocycles. The number of imidazole rings is 1. The lowest BCUT2D eigenvalue weighted by atomic mass is 10.2. The first kappa shape index (κ1) is 14.7. The lowest BCUT2D eigenvalue weighted by Gasteiger charge is -2.08. The van der Waals surface area contributed by atoms with Crippen LogP contribution in [0.25, 0.3) is 0 Å². The topological polar surface area (TPSA) is 93.5 Å². The van der Waals surface area contributed by atoms with Crippen molar-refractivity contribution in [2.75, 3.05) is 18.5 Å². The molecule has 0 unspecified atom stereocenters. The molecule has 0 saturated carbocycles. The highest BCUT2D eigenvalue weighted by molar-refractivity contribution is 5.91. The van der Waals surface area contributed by atoms with Gasteiger partial charge in [0.15, 0.2) is 0 Å². The number of amides is 1. The van der Waals surface area contributed by atoms with Gasteiger partial charge in [-0.15, -0.1) is 0 Å².